The number of rotatable bonds is 6. The summed E-state index contributed by atoms with van der Waals surface area (Å²) in [6.07, 6.45) is 3.44. The van der Waals surface area contributed by atoms with Gasteiger partial charge in [0, 0.05) is 61.3 Å². The second-order valence-corrected chi connectivity index (χ2v) is 7.40. The Labute approximate surface area is 193 Å². The van der Waals surface area contributed by atoms with Crippen LogP contribution in [0.25, 0.3) is 11.4 Å². The van der Waals surface area contributed by atoms with Gasteiger partial charge in [-0.2, -0.15) is 0 Å². The SMILES string of the molecule is COC(=O)c1cc(NCCN2CCOCC2)nc(-c2ccc(C#Cc3cccnc3)cc2)n1. The second kappa shape index (κ2) is 11.2. The summed E-state index contributed by atoms with van der Waals surface area (Å²) in [5.74, 6) is 6.72. The maximum absolute atomic E-state index is 12.2. The molecule has 0 radical (unpaired) electrons. The summed E-state index contributed by atoms with van der Waals surface area (Å²) in [6.45, 7) is 4.90. The summed E-state index contributed by atoms with van der Waals surface area (Å²) in [5.41, 5.74) is 2.69. The molecule has 4 rings (SSSR count). The van der Waals surface area contributed by atoms with Crippen molar-refractivity contribution in [2.45, 2.75) is 0 Å². The van der Waals surface area contributed by atoms with Gasteiger partial charge in [-0.05, 0) is 36.4 Å². The van der Waals surface area contributed by atoms with Gasteiger partial charge in [0.1, 0.15) is 5.82 Å². The fraction of sp³-hybridized carbons (Fsp3) is 0.280. The van der Waals surface area contributed by atoms with E-state index >= 15 is 0 Å². The zero-order valence-corrected chi connectivity index (χ0v) is 18.5. The maximum atomic E-state index is 12.2. The van der Waals surface area contributed by atoms with E-state index < -0.39 is 5.97 Å². The Balaban J connectivity index is 1.50. The molecule has 1 N–H and O–H groups in total. The third kappa shape index (κ3) is 6.35. The zero-order valence-electron chi connectivity index (χ0n) is 18.5. The van der Waals surface area contributed by atoms with Gasteiger partial charge in [-0.25, -0.2) is 14.8 Å². The monoisotopic (exact) mass is 443 g/mol. The molecule has 0 unspecified atom stereocenters. The molecule has 1 fully saturated rings. The van der Waals surface area contributed by atoms with Crippen LogP contribution >= 0.6 is 0 Å². The third-order valence-corrected chi connectivity index (χ3v) is 5.11. The van der Waals surface area contributed by atoms with E-state index in [-0.39, 0.29) is 5.69 Å². The Kier molecular flexibility index (Phi) is 7.59. The van der Waals surface area contributed by atoms with Crippen molar-refractivity contribution in [3.8, 4) is 23.2 Å². The quantitative estimate of drug-likeness (QED) is 0.459. The van der Waals surface area contributed by atoms with Crippen LogP contribution in [0.5, 0.6) is 0 Å². The van der Waals surface area contributed by atoms with E-state index in [0.717, 1.165) is 49.5 Å². The van der Waals surface area contributed by atoms with Gasteiger partial charge in [0.2, 0.25) is 0 Å². The molecule has 2 aromatic heterocycles. The Morgan fingerprint density at radius 3 is 2.64 bits per heavy atom. The van der Waals surface area contributed by atoms with Crippen LogP contribution in [0.15, 0.2) is 54.9 Å². The summed E-state index contributed by atoms with van der Waals surface area (Å²) in [7, 11) is 1.34. The number of pyridine rings is 1. The molecule has 8 nitrogen and oxygen atoms in total. The first-order chi connectivity index (χ1) is 16.2. The first kappa shape index (κ1) is 22.4. The number of benzene rings is 1. The topological polar surface area (TPSA) is 89.5 Å². The minimum atomic E-state index is -0.506. The van der Waals surface area contributed by atoms with Gasteiger partial charge in [0.25, 0.3) is 0 Å². The molecule has 1 aliphatic heterocycles. The van der Waals surface area contributed by atoms with E-state index in [9.17, 15) is 4.79 Å². The van der Waals surface area contributed by atoms with Crippen LogP contribution in [0.1, 0.15) is 21.6 Å². The van der Waals surface area contributed by atoms with Gasteiger partial charge in [-0.1, -0.05) is 11.8 Å². The minimum Gasteiger partial charge on any atom is -0.464 e. The van der Waals surface area contributed by atoms with Crippen LogP contribution in [0.3, 0.4) is 0 Å². The van der Waals surface area contributed by atoms with Crippen molar-refractivity contribution >= 4 is 11.8 Å². The van der Waals surface area contributed by atoms with Crippen molar-refractivity contribution in [2.75, 3.05) is 51.8 Å². The smallest absolute Gasteiger partial charge is 0.356 e. The molecule has 0 saturated carbocycles. The van der Waals surface area contributed by atoms with Crippen molar-refractivity contribution in [1.29, 1.82) is 0 Å². The van der Waals surface area contributed by atoms with E-state index in [1.165, 1.54) is 7.11 Å². The summed E-state index contributed by atoms with van der Waals surface area (Å²) >= 11 is 0. The fourth-order valence-electron chi connectivity index (χ4n) is 3.33. The number of hydrogen-bond donors (Lipinski definition) is 1. The number of nitrogens with zero attached hydrogens (tertiary/aromatic N) is 4. The molecule has 0 bridgehead atoms. The summed E-state index contributed by atoms with van der Waals surface area (Å²) in [5, 5.41) is 3.30. The zero-order chi connectivity index (χ0) is 22.9. The fourth-order valence-corrected chi connectivity index (χ4v) is 3.33. The lowest BCUT2D eigenvalue weighted by molar-refractivity contribution is 0.0398. The number of methoxy groups -OCH3 is 1. The van der Waals surface area contributed by atoms with E-state index in [4.69, 9.17) is 9.47 Å². The lowest BCUT2D eigenvalue weighted by Crippen LogP contribution is -2.39. The number of esters is 1. The Hall–Kier alpha value is -3.80. The number of morpholine rings is 1. The molecule has 0 atom stereocenters. The van der Waals surface area contributed by atoms with Crippen LogP contribution in [-0.2, 0) is 9.47 Å². The molecule has 1 aromatic carbocycles. The average Bonchev–Trinajstić information content (AvgIpc) is 2.88. The van der Waals surface area contributed by atoms with Crippen molar-refractivity contribution in [3.63, 3.8) is 0 Å². The largest absolute Gasteiger partial charge is 0.464 e. The highest BCUT2D eigenvalue weighted by Crippen LogP contribution is 2.19. The molecule has 3 aromatic rings. The lowest BCUT2D eigenvalue weighted by atomic mass is 10.1. The van der Waals surface area contributed by atoms with E-state index in [0.29, 0.717) is 18.2 Å². The van der Waals surface area contributed by atoms with Gasteiger partial charge in [-0.3, -0.25) is 9.88 Å². The Bertz CT molecular complexity index is 1130. The van der Waals surface area contributed by atoms with Crippen molar-refractivity contribution in [3.05, 3.63) is 71.7 Å². The number of carbonyl (C=O) groups is 1. The van der Waals surface area contributed by atoms with E-state index in [2.05, 4.69) is 37.0 Å². The van der Waals surface area contributed by atoms with Crippen LogP contribution in [0, 0.1) is 11.8 Å². The first-order valence-electron chi connectivity index (χ1n) is 10.7. The number of carbonyl (C=O) groups excluding carboxylic acids is 1. The van der Waals surface area contributed by atoms with Gasteiger partial charge >= 0.3 is 5.97 Å². The number of anilines is 1. The Morgan fingerprint density at radius 2 is 1.91 bits per heavy atom. The lowest BCUT2D eigenvalue weighted by Gasteiger charge is -2.26. The Morgan fingerprint density at radius 1 is 1.12 bits per heavy atom. The molecule has 168 valence electrons. The predicted molar refractivity (Wildman–Crippen MR) is 125 cm³/mol. The van der Waals surface area contributed by atoms with Gasteiger partial charge in [0.05, 0.1) is 20.3 Å². The standard InChI is InChI=1S/C25H25N5O3/c1-32-25(31)22-17-23(27-11-12-30-13-15-33-16-14-30)29-24(28-22)21-8-6-19(7-9-21)4-5-20-3-2-10-26-18-20/h2-3,6-10,17-18H,11-16H2,1H3,(H,27,28,29). The maximum Gasteiger partial charge on any atom is 0.356 e. The molecule has 0 aliphatic carbocycles. The van der Waals surface area contributed by atoms with Crippen molar-refractivity contribution < 1.29 is 14.3 Å². The summed E-state index contributed by atoms with van der Waals surface area (Å²) in [6, 6.07) is 13.0. The number of ether oxygens (including phenoxy) is 2. The van der Waals surface area contributed by atoms with Crippen molar-refractivity contribution in [2.24, 2.45) is 0 Å². The molecule has 1 saturated heterocycles. The molecule has 0 spiro atoms. The van der Waals surface area contributed by atoms with Crippen molar-refractivity contribution in [1.82, 2.24) is 19.9 Å². The van der Waals surface area contributed by atoms with Crippen LogP contribution < -0.4 is 5.32 Å². The number of aromatic nitrogens is 3. The average molecular weight is 444 g/mol. The summed E-state index contributed by atoms with van der Waals surface area (Å²) < 4.78 is 10.3. The highest BCUT2D eigenvalue weighted by atomic mass is 16.5. The van der Waals surface area contributed by atoms with Gasteiger partial charge < -0.3 is 14.8 Å². The van der Waals surface area contributed by atoms with Gasteiger partial charge in [0.15, 0.2) is 11.5 Å². The first-order valence-corrected chi connectivity index (χ1v) is 10.7. The van der Waals surface area contributed by atoms with Crippen LogP contribution in [-0.4, -0.2) is 72.3 Å². The highest BCUT2D eigenvalue weighted by molar-refractivity contribution is 5.88. The molecular formula is C25H25N5O3. The van der Waals surface area contributed by atoms with E-state index in [1.807, 2.05) is 36.4 Å². The van der Waals surface area contributed by atoms with Gasteiger partial charge in [-0.15, -0.1) is 0 Å². The summed E-state index contributed by atoms with van der Waals surface area (Å²) in [4.78, 5) is 27.6. The minimum absolute atomic E-state index is 0.205. The molecule has 8 heteroatoms. The second-order valence-electron chi connectivity index (χ2n) is 7.40. The third-order valence-electron chi connectivity index (χ3n) is 5.11. The normalized spacial score (nSPS) is 13.6. The number of hydrogen-bond acceptors (Lipinski definition) is 8. The van der Waals surface area contributed by atoms with Crippen LogP contribution in [0.4, 0.5) is 5.82 Å². The molecular weight excluding hydrogens is 418 g/mol. The highest BCUT2D eigenvalue weighted by Gasteiger charge is 2.14. The van der Waals surface area contributed by atoms with E-state index in [1.54, 1.807) is 18.5 Å². The number of nitrogens with one attached hydrogen (secondary N) is 1. The van der Waals surface area contributed by atoms with Crippen LogP contribution in [0.2, 0.25) is 0 Å². The molecule has 0 amide bonds. The molecule has 1 aliphatic rings. The predicted octanol–water partition coefficient (Wildman–Crippen LogP) is 2.47. The molecule has 33 heavy (non-hydrogen) atoms. The molecule has 3 heterocycles.